The lowest BCUT2D eigenvalue weighted by Gasteiger charge is -2.38. The number of carbonyl (C=O) groups excluding carboxylic acids is 2. The Labute approximate surface area is 124 Å². The van der Waals surface area contributed by atoms with Gasteiger partial charge in [-0.3, -0.25) is 9.59 Å². The maximum atomic E-state index is 12.6. The molecule has 2 rings (SSSR count). The van der Waals surface area contributed by atoms with Crippen LogP contribution in [-0.4, -0.2) is 23.0 Å². The number of anilines is 1. The van der Waals surface area contributed by atoms with Crippen molar-refractivity contribution in [3.8, 4) is 0 Å². The van der Waals surface area contributed by atoms with Crippen LogP contribution in [0.15, 0.2) is 23.1 Å². The third-order valence-electron chi connectivity index (χ3n) is 3.52. The van der Waals surface area contributed by atoms with Crippen molar-refractivity contribution in [3.05, 3.63) is 23.8 Å². The van der Waals surface area contributed by atoms with Gasteiger partial charge in [0.25, 0.3) is 0 Å². The number of benzene rings is 1. The van der Waals surface area contributed by atoms with Crippen molar-refractivity contribution in [2.24, 2.45) is 0 Å². The third-order valence-corrected chi connectivity index (χ3v) is 4.75. The SMILES string of the molecule is CCCCN1C(=O)C(C)(C)Sc2cc(C(C)=O)ccc21. The summed E-state index contributed by atoms with van der Waals surface area (Å²) in [5.41, 5.74) is 1.65. The summed E-state index contributed by atoms with van der Waals surface area (Å²) in [6.45, 7) is 8.32. The maximum absolute atomic E-state index is 12.6. The van der Waals surface area contributed by atoms with Crippen molar-refractivity contribution in [1.29, 1.82) is 0 Å². The Morgan fingerprint density at radius 1 is 1.35 bits per heavy atom. The zero-order chi connectivity index (χ0) is 14.9. The number of amides is 1. The fourth-order valence-electron chi connectivity index (χ4n) is 2.33. The molecule has 0 fully saturated rings. The predicted octanol–water partition coefficient (Wildman–Crippen LogP) is 3.91. The number of hydrogen-bond donors (Lipinski definition) is 0. The standard InChI is InChI=1S/C16H21NO2S/c1-5-6-9-17-13-8-7-12(11(2)18)10-14(13)20-16(3,4)15(17)19/h7-8,10H,5-6,9H2,1-4H3. The predicted molar refractivity (Wildman–Crippen MR) is 83.6 cm³/mol. The Morgan fingerprint density at radius 2 is 2.05 bits per heavy atom. The van der Waals surface area contributed by atoms with Crippen molar-refractivity contribution < 1.29 is 9.59 Å². The molecule has 1 amide bonds. The lowest BCUT2D eigenvalue weighted by atomic mass is 10.1. The van der Waals surface area contributed by atoms with Crippen LogP contribution in [0.25, 0.3) is 0 Å². The van der Waals surface area contributed by atoms with E-state index in [4.69, 9.17) is 0 Å². The Bertz CT molecular complexity index is 551. The highest BCUT2D eigenvalue weighted by Gasteiger charge is 2.39. The van der Waals surface area contributed by atoms with E-state index in [1.165, 1.54) is 0 Å². The van der Waals surface area contributed by atoms with Gasteiger partial charge in [-0.25, -0.2) is 0 Å². The van der Waals surface area contributed by atoms with Gasteiger partial charge in [0.2, 0.25) is 5.91 Å². The Kier molecular flexibility index (Phi) is 4.23. The zero-order valence-electron chi connectivity index (χ0n) is 12.5. The van der Waals surface area contributed by atoms with Crippen molar-refractivity contribution >= 4 is 29.1 Å². The molecule has 0 aliphatic carbocycles. The van der Waals surface area contributed by atoms with E-state index in [1.807, 2.05) is 36.9 Å². The van der Waals surface area contributed by atoms with Crippen molar-refractivity contribution in [1.82, 2.24) is 0 Å². The minimum atomic E-state index is -0.476. The number of ketones is 1. The van der Waals surface area contributed by atoms with Gasteiger partial charge in [0, 0.05) is 17.0 Å². The normalized spacial score (nSPS) is 17.0. The molecule has 1 heterocycles. The summed E-state index contributed by atoms with van der Waals surface area (Å²) >= 11 is 1.55. The summed E-state index contributed by atoms with van der Waals surface area (Å²) in [4.78, 5) is 27.0. The molecule has 0 unspecified atom stereocenters. The monoisotopic (exact) mass is 291 g/mol. The van der Waals surface area contributed by atoms with Gasteiger partial charge in [-0.15, -0.1) is 11.8 Å². The molecule has 1 aliphatic heterocycles. The quantitative estimate of drug-likeness (QED) is 0.789. The number of fused-ring (bicyclic) bond motifs is 1. The van der Waals surface area contributed by atoms with Gasteiger partial charge in [-0.2, -0.15) is 0 Å². The fraction of sp³-hybridized carbons (Fsp3) is 0.500. The first-order chi connectivity index (χ1) is 9.36. The highest BCUT2D eigenvalue weighted by Crippen LogP contribution is 2.45. The van der Waals surface area contributed by atoms with Crippen LogP contribution in [0.5, 0.6) is 0 Å². The number of hydrogen-bond acceptors (Lipinski definition) is 3. The second-order valence-electron chi connectivity index (χ2n) is 5.66. The van der Waals surface area contributed by atoms with E-state index in [9.17, 15) is 9.59 Å². The summed E-state index contributed by atoms with van der Waals surface area (Å²) < 4.78 is -0.476. The van der Waals surface area contributed by atoms with E-state index >= 15 is 0 Å². The van der Waals surface area contributed by atoms with Crippen molar-refractivity contribution in [2.45, 2.75) is 50.2 Å². The minimum absolute atomic E-state index is 0.0585. The van der Waals surface area contributed by atoms with E-state index in [2.05, 4.69) is 6.92 Å². The van der Waals surface area contributed by atoms with E-state index in [-0.39, 0.29) is 11.7 Å². The number of Topliss-reactive ketones (excluding diaryl/α,β-unsaturated/α-hetero) is 1. The molecule has 0 saturated carbocycles. The minimum Gasteiger partial charge on any atom is -0.310 e. The zero-order valence-corrected chi connectivity index (χ0v) is 13.3. The molecule has 0 aromatic heterocycles. The van der Waals surface area contributed by atoms with Crippen LogP contribution in [0.4, 0.5) is 5.69 Å². The maximum Gasteiger partial charge on any atom is 0.243 e. The van der Waals surface area contributed by atoms with Gasteiger partial charge in [0.05, 0.1) is 10.4 Å². The molecule has 0 spiro atoms. The smallest absolute Gasteiger partial charge is 0.243 e. The average Bonchev–Trinajstić information content (AvgIpc) is 2.38. The van der Waals surface area contributed by atoms with Crippen LogP contribution < -0.4 is 4.90 Å². The molecular formula is C16H21NO2S. The third kappa shape index (κ3) is 2.75. The summed E-state index contributed by atoms with van der Waals surface area (Å²) in [6.07, 6.45) is 2.04. The largest absolute Gasteiger partial charge is 0.310 e. The molecule has 4 heteroatoms. The lowest BCUT2D eigenvalue weighted by molar-refractivity contribution is -0.120. The number of nitrogens with zero attached hydrogens (tertiary/aromatic N) is 1. The first-order valence-electron chi connectivity index (χ1n) is 7.03. The second kappa shape index (κ2) is 5.60. The number of rotatable bonds is 4. The number of unbranched alkanes of at least 4 members (excludes halogenated alkanes) is 1. The van der Waals surface area contributed by atoms with E-state index in [1.54, 1.807) is 18.7 Å². The van der Waals surface area contributed by atoms with Gasteiger partial charge in [0.15, 0.2) is 5.78 Å². The highest BCUT2D eigenvalue weighted by molar-refractivity contribution is 8.01. The Morgan fingerprint density at radius 3 is 2.65 bits per heavy atom. The molecular weight excluding hydrogens is 270 g/mol. The van der Waals surface area contributed by atoms with Crippen LogP contribution in [0.2, 0.25) is 0 Å². The molecule has 0 bridgehead atoms. The molecule has 1 aromatic carbocycles. The topological polar surface area (TPSA) is 37.4 Å². The first-order valence-corrected chi connectivity index (χ1v) is 7.84. The van der Waals surface area contributed by atoms with Crippen LogP contribution >= 0.6 is 11.8 Å². The van der Waals surface area contributed by atoms with Crippen LogP contribution in [-0.2, 0) is 4.79 Å². The van der Waals surface area contributed by atoms with Gasteiger partial charge < -0.3 is 4.90 Å². The molecule has 0 radical (unpaired) electrons. The fourth-order valence-corrected chi connectivity index (χ4v) is 3.55. The van der Waals surface area contributed by atoms with Crippen LogP contribution in [0.3, 0.4) is 0 Å². The number of carbonyl (C=O) groups is 2. The molecule has 3 nitrogen and oxygen atoms in total. The molecule has 108 valence electrons. The molecule has 0 atom stereocenters. The van der Waals surface area contributed by atoms with Crippen LogP contribution in [0.1, 0.15) is 50.9 Å². The summed E-state index contributed by atoms with van der Waals surface area (Å²) in [7, 11) is 0. The summed E-state index contributed by atoms with van der Waals surface area (Å²) in [6, 6.07) is 5.63. The number of thioether (sulfide) groups is 1. The van der Waals surface area contributed by atoms with Gasteiger partial charge in [0.1, 0.15) is 0 Å². The van der Waals surface area contributed by atoms with E-state index < -0.39 is 4.75 Å². The molecule has 20 heavy (non-hydrogen) atoms. The van der Waals surface area contributed by atoms with Gasteiger partial charge in [-0.05, 0) is 45.4 Å². The van der Waals surface area contributed by atoms with Crippen LogP contribution in [0, 0.1) is 0 Å². The van der Waals surface area contributed by atoms with Crippen molar-refractivity contribution in [3.63, 3.8) is 0 Å². The van der Waals surface area contributed by atoms with Crippen molar-refractivity contribution in [2.75, 3.05) is 11.4 Å². The second-order valence-corrected chi connectivity index (χ2v) is 7.33. The van der Waals surface area contributed by atoms with E-state index in [0.29, 0.717) is 5.56 Å². The first kappa shape index (κ1) is 15.1. The Balaban J connectivity index is 2.45. The molecule has 1 aromatic rings. The Hall–Kier alpha value is -1.29. The average molecular weight is 291 g/mol. The molecule has 0 N–H and O–H groups in total. The highest BCUT2D eigenvalue weighted by atomic mass is 32.2. The van der Waals surface area contributed by atoms with Gasteiger partial charge >= 0.3 is 0 Å². The summed E-state index contributed by atoms with van der Waals surface area (Å²) in [5, 5.41) is 0. The molecule has 1 aliphatic rings. The van der Waals surface area contributed by atoms with Gasteiger partial charge in [-0.1, -0.05) is 13.3 Å². The molecule has 0 saturated heterocycles. The lowest BCUT2D eigenvalue weighted by Crippen LogP contribution is -2.46. The summed E-state index contributed by atoms with van der Waals surface area (Å²) in [5.74, 6) is 0.210. The van der Waals surface area contributed by atoms with E-state index in [0.717, 1.165) is 30.0 Å².